The zero-order valence-electron chi connectivity index (χ0n) is 20.3. The number of aromatic amines is 1. The van der Waals surface area contributed by atoms with E-state index >= 15 is 0 Å². The van der Waals surface area contributed by atoms with Crippen LogP contribution in [0.25, 0.3) is 22.2 Å². The number of carbonyl (C=O) groups excluding carboxylic acids is 2. The van der Waals surface area contributed by atoms with Crippen LogP contribution in [-0.4, -0.2) is 38.6 Å². The smallest absolute Gasteiger partial charge is 0.338 e. The maximum absolute atomic E-state index is 12.8. The zero-order chi connectivity index (χ0) is 25.8. The molecule has 0 saturated heterocycles. The molecule has 0 aliphatic carbocycles. The van der Waals surface area contributed by atoms with Gasteiger partial charge in [-0.2, -0.15) is 5.10 Å². The van der Waals surface area contributed by atoms with Crippen LogP contribution in [0.1, 0.15) is 33.2 Å². The molecule has 3 N–H and O–H groups in total. The lowest BCUT2D eigenvalue weighted by Crippen LogP contribution is -2.13. The van der Waals surface area contributed by atoms with Gasteiger partial charge in [0.1, 0.15) is 0 Å². The van der Waals surface area contributed by atoms with E-state index in [9.17, 15) is 9.59 Å². The van der Waals surface area contributed by atoms with Crippen LogP contribution in [0, 0.1) is 6.92 Å². The van der Waals surface area contributed by atoms with Crippen molar-refractivity contribution >= 4 is 40.1 Å². The zero-order valence-corrected chi connectivity index (χ0v) is 20.3. The van der Waals surface area contributed by atoms with Crippen molar-refractivity contribution in [1.29, 1.82) is 0 Å². The van der Waals surface area contributed by atoms with Crippen molar-refractivity contribution in [2.24, 2.45) is 0 Å². The third kappa shape index (κ3) is 5.30. The number of benzene rings is 3. The summed E-state index contributed by atoms with van der Waals surface area (Å²) in [5, 5.41) is 14.1. The summed E-state index contributed by atoms with van der Waals surface area (Å²) >= 11 is 0. The molecule has 2 aromatic heterocycles. The highest BCUT2D eigenvalue weighted by molar-refractivity contribution is 6.05. The molecule has 9 heteroatoms. The van der Waals surface area contributed by atoms with Gasteiger partial charge in [-0.15, -0.1) is 0 Å². The molecule has 0 atom stereocenters. The molecule has 0 aliphatic rings. The number of H-pyrrole nitrogens is 1. The van der Waals surface area contributed by atoms with Crippen molar-refractivity contribution in [3.05, 3.63) is 95.8 Å². The number of amides is 1. The molecule has 0 saturated carbocycles. The fourth-order valence-electron chi connectivity index (χ4n) is 3.79. The molecule has 5 rings (SSSR count). The van der Waals surface area contributed by atoms with Gasteiger partial charge < -0.3 is 15.4 Å². The number of nitrogens with one attached hydrogen (secondary N) is 3. The summed E-state index contributed by atoms with van der Waals surface area (Å²) in [6, 6.07) is 19.8. The molecule has 0 fully saturated rings. The van der Waals surface area contributed by atoms with Crippen LogP contribution >= 0.6 is 0 Å². The minimum atomic E-state index is -0.419. The highest BCUT2D eigenvalue weighted by Crippen LogP contribution is 2.25. The second kappa shape index (κ2) is 10.3. The van der Waals surface area contributed by atoms with Crippen LogP contribution in [-0.2, 0) is 4.74 Å². The highest BCUT2D eigenvalue weighted by Gasteiger charge is 2.12. The molecule has 0 spiro atoms. The lowest BCUT2D eigenvalue weighted by Gasteiger charge is -2.12. The second-order valence-corrected chi connectivity index (χ2v) is 8.33. The molecule has 2 heterocycles. The van der Waals surface area contributed by atoms with Crippen molar-refractivity contribution in [2.75, 3.05) is 17.2 Å². The first-order valence-electron chi connectivity index (χ1n) is 11.7. The normalized spacial score (nSPS) is 10.8. The Balaban J connectivity index is 1.33. The first-order valence-corrected chi connectivity index (χ1v) is 11.7. The Morgan fingerprint density at radius 1 is 0.973 bits per heavy atom. The van der Waals surface area contributed by atoms with Gasteiger partial charge in [-0.25, -0.2) is 14.8 Å². The number of ether oxygens (including phenoxy) is 1. The summed E-state index contributed by atoms with van der Waals surface area (Å²) in [4.78, 5) is 33.8. The van der Waals surface area contributed by atoms with Gasteiger partial charge in [0, 0.05) is 40.3 Å². The molecule has 0 aliphatic heterocycles. The van der Waals surface area contributed by atoms with Crippen molar-refractivity contribution < 1.29 is 14.3 Å². The van der Waals surface area contributed by atoms with E-state index in [1.54, 1.807) is 43.6 Å². The third-order valence-electron chi connectivity index (χ3n) is 5.78. The Bertz CT molecular complexity index is 1580. The number of hydrogen-bond acceptors (Lipinski definition) is 7. The number of aromatic nitrogens is 4. The Morgan fingerprint density at radius 3 is 2.54 bits per heavy atom. The van der Waals surface area contributed by atoms with Gasteiger partial charge in [0.05, 0.1) is 23.4 Å². The maximum atomic E-state index is 12.8. The van der Waals surface area contributed by atoms with Crippen molar-refractivity contribution in [1.82, 2.24) is 20.2 Å². The molecule has 5 aromatic rings. The Kier molecular flexibility index (Phi) is 6.58. The van der Waals surface area contributed by atoms with Gasteiger partial charge in [-0.05, 0) is 67.9 Å². The van der Waals surface area contributed by atoms with Crippen LogP contribution in [0.3, 0.4) is 0 Å². The number of anilines is 3. The van der Waals surface area contributed by atoms with E-state index in [4.69, 9.17) is 4.74 Å². The van der Waals surface area contributed by atoms with E-state index in [1.165, 1.54) is 0 Å². The maximum Gasteiger partial charge on any atom is 0.338 e. The molecule has 184 valence electrons. The van der Waals surface area contributed by atoms with Crippen LogP contribution in [0.5, 0.6) is 0 Å². The minimum Gasteiger partial charge on any atom is -0.462 e. The molecule has 0 radical (unpaired) electrons. The molecule has 3 aromatic carbocycles. The first-order chi connectivity index (χ1) is 18.0. The van der Waals surface area contributed by atoms with Crippen molar-refractivity contribution in [3.63, 3.8) is 0 Å². The van der Waals surface area contributed by atoms with E-state index in [0.717, 1.165) is 33.4 Å². The summed E-state index contributed by atoms with van der Waals surface area (Å²) in [6.07, 6.45) is 3.54. The molecular weight excluding hydrogens is 468 g/mol. The van der Waals surface area contributed by atoms with Crippen LogP contribution in [0.2, 0.25) is 0 Å². The Morgan fingerprint density at radius 2 is 1.78 bits per heavy atom. The van der Waals surface area contributed by atoms with Gasteiger partial charge >= 0.3 is 5.97 Å². The largest absolute Gasteiger partial charge is 0.462 e. The van der Waals surface area contributed by atoms with Crippen molar-refractivity contribution in [2.45, 2.75) is 13.8 Å². The lowest BCUT2D eigenvalue weighted by molar-refractivity contribution is 0.0526. The van der Waals surface area contributed by atoms with Gasteiger partial charge in [0.15, 0.2) is 0 Å². The Hall–Kier alpha value is -5.05. The average molecular weight is 493 g/mol. The molecule has 9 nitrogen and oxygen atoms in total. The molecule has 37 heavy (non-hydrogen) atoms. The number of hydrogen-bond donors (Lipinski definition) is 3. The number of nitrogens with zero attached hydrogens (tertiary/aromatic N) is 3. The molecular formula is C28H24N6O3. The summed E-state index contributed by atoms with van der Waals surface area (Å²) in [6.45, 7) is 3.95. The van der Waals surface area contributed by atoms with Crippen LogP contribution < -0.4 is 10.6 Å². The number of carbonyl (C=O) groups is 2. The van der Waals surface area contributed by atoms with Gasteiger partial charge in [-0.3, -0.25) is 9.89 Å². The van der Waals surface area contributed by atoms with Gasteiger partial charge in [0.25, 0.3) is 5.91 Å². The van der Waals surface area contributed by atoms with E-state index in [1.807, 2.05) is 49.4 Å². The first kappa shape index (κ1) is 23.7. The van der Waals surface area contributed by atoms with E-state index in [2.05, 4.69) is 30.8 Å². The number of aryl methyl sites for hydroxylation is 1. The van der Waals surface area contributed by atoms with Crippen molar-refractivity contribution in [3.8, 4) is 11.3 Å². The van der Waals surface area contributed by atoms with E-state index in [0.29, 0.717) is 29.4 Å². The second-order valence-electron chi connectivity index (χ2n) is 8.33. The summed E-state index contributed by atoms with van der Waals surface area (Å²) in [5.41, 5.74) is 5.66. The van der Waals surface area contributed by atoms with E-state index < -0.39 is 5.97 Å². The molecule has 1 amide bonds. The fraction of sp³-hybridized carbons (Fsp3) is 0.107. The molecule has 0 bridgehead atoms. The van der Waals surface area contributed by atoms with Gasteiger partial charge in [-0.1, -0.05) is 18.2 Å². The minimum absolute atomic E-state index is 0.288. The monoisotopic (exact) mass is 492 g/mol. The fourth-order valence-corrected chi connectivity index (χ4v) is 3.79. The van der Waals surface area contributed by atoms with E-state index in [-0.39, 0.29) is 5.91 Å². The SMILES string of the molecule is CCOC(=O)c1ccc(C(=O)Nc2cc(Nc3ncc4ccc(-c5cc[nH]n5)cc4n3)ccc2C)cc1. The summed E-state index contributed by atoms with van der Waals surface area (Å²) in [7, 11) is 0. The number of fused-ring (bicyclic) bond motifs is 1. The van der Waals surface area contributed by atoms with Crippen LogP contribution in [0.15, 0.2) is 79.1 Å². The third-order valence-corrected chi connectivity index (χ3v) is 5.78. The predicted octanol–water partition coefficient (Wildman–Crippen LogP) is 5.50. The predicted molar refractivity (Wildman–Crippen MR) is 142 cm³/mol. The lowest BCUT2D eigenvalue weighted by atomic mass is 10.1. The summed E-state index contributed by atoms with van der Waals surface area (Å²) in [5.74, 6) is -0.275. The topological polar surface area (TPSA) is 122 Å². The quantitative estimate of drug-likeness (QED) is 0.256. The Labute approximate surface area is 212 Å². The standard InChI is InChI=1S/C28H24N6O3/c1-3-37-27(36)19-7-5-18(6-8-19)26(35)32-24-15-22(11-4-17(24)2)31-28-29-16-21-10-9-20(14-25(21)33-28)23-12-13-30-34-23/h4-16H,3H2,1-2H3,(H,30,34)(H,32,35)(H,29,31,33). The number of esters is 1. The number of rotatable bonds is 7. The van der Waals surface area contributed by atoms with Gasteiger partial charge in [0.2, 0.25) is 5.95 Å². The average Bonchev–Trinajstić information content (AvgIpc) is 3.46. The van der Waals surface area contributed by atoms with Crippen LogP contribution in [0.4, 0.5) is 17.3 Å². The highest BCUT2D eigenvalue weighted by atomic mass is 16.5. The molecule has 0 unspecified atom stereocenters. The summed E-state index contributed by atoms with van der Waals surface area (Å²) < 4.78 is 4.99.